The fourth-order valence-corrected chi connectivity index (χ4v) is 4.15. The molecule has 0 aromatic carbocycles. The highest BCUT2D eigenvalue weighted by Crippen LogP contribution is 2.31. The smallest absolute Gasteiger partial charge is 0.227 e. The number of morpholine rings is 1. The van der Waals surface area contributed by atoms with Crippen LogP contribution in [0.5, 0.6) is 0 Å². The number of nitrogens with one attached hydrogen (secondary N) is 2. The lowest BCUT2D eigenvalue weighted by Crippen LogP contribution is -2.52. The third-order valence-corrected chi connectivity index (χ3v) is 5.41. The van der Waals surface area contributed by atoms with Crippen LogP contribution in [0.3, 0.4) is 0 Å². The summed E-state index contributed by atoms with van der Waals surface area (Å²) in [5.41, 5.74) is -0.181. The van der Waals surface area contributed by atoms with E-state index in [4.69, 9.17) is 4.74 Å². The molecule has 1 amide bonds. The summed E-state index contributed by atoms with van der Waals surface area (Å²) in [5.74, 6) is 0.224. The Bertz CT molecular complexity index is 369. The van der Waals surface area contributed by atoms with E-state index >= 15 is 0 Å². The molecule has 3 saturated heterocycles. The minimum absolute atomic E-state index is 0.163. The summed E-state index contributed by atoms with van der Waals surface area (Å²) in [5, 5.41) is 6.52. The second-order valence-corrected chi connectivity index (χ2v) is 6.91. The first-order chi connectivity index (χ1) is 10.2. The van der Waals surface area contributed by atoms with Crippen LogP contribution < -0.4 is 10.6 Å². The average molecular weight is 295 g/mol. The largest absolute Gasteiger partial charge is 0.373 e. The van der Waals surface area contributed by atoms with Gasteiger partial charge in [-0.05, 0) is 38.8 Å². The monoisotopic (exact) mass is 295 g/mol. The van der Waals surface area contributed by atoms with Crippen molar-refractivity contribution in [1.82, 2.24) is 15.5 Å². The van der Waals surface area contributed by atoms with Crippen LogP contribution >= 0.6 is 0 Å². The molecule has 3 aliphatic heterocycles. The maximum Gasteiger partial charge on any atom is 0.227 e. The van der Waals surface area contributed by atoms with Gasteiger partial charge in [-0.25, -0.2) is 0 Å². The Hall–Kier alpha value is -0.650. The van der Waals surface area contributed by atoms with Crippen LogP contribution in [0.1, 0.15) is 39.0 Å². The lowest BCUT2D eigenvalue weighted by molar-refractivity contribution is -0.132. The molecule has 3 rings (SSSR count). The summed E-state index contributed by atoms with van der Waals surface area (Å²) in [7, 11) is 0. The van der Waals surface area contributed by atoms with Crippen molar-refractivity contribution in [3.05, 3.63) is 0 Å². The fraction of sp³-hybridized carbons (Fsp3) is 0.938. The SMILES string of the molecule is CCCC1(C(=O)NCC2CN3CCCC3CO2)CCNC1. The molecular weight excluding hydrogens is 266 g/mol. The van der Waals surface area contributed by atoms with Gasteiger partial charge in [0.15, 0.2) is 0 Å². The predicted octanol–water partition coefficient (Wildman–Crippen LogP) is 0.746. The molecule has 0 radical (unpaired) electrons. The first-order valence-corrected chi connectivity index (χ1v) is 8.58. The average Bonchev–Trinajstić information content (AvgIpc) is 3.14. The van der Waals surface area contributed by atoms with E-state index < -0.39 is 0 Å². The zero-order valence-electron chi connectivity index (χ0n) is 13.2. The number of fused-ring (bicyclic) bond motifs is 1. The minimum atomic E-state index is -0.181. The van der Waals surface area contributed by atoms with E-state index in [2.05, 4.69) is 22.5 Å². The van der Waals surface area contributed by atoms with E-state index in [-0.39, 0.29) is 17.4 Å². The molecule has 0 aromatic heterocycles. The van der Waals surface area contributed by atoms with Gasteiger partial charge in [0.1, 0.15) is 0 Å². The standard InChI is InChI=1S/C16H29N3O2/c1-2-5-16(6-7-17-12-16)15(20)18-9-14-10-19-8-3-4-13(19)11-21-14/h13-14,17H,2-12H2,1H3,(H,18,20). The summed E-state index contributed by atoms with van der Waals surface area (Å²) in [6, 6.07) is 0.627. The van der Waals surface area contributed by atoms with E-state index in [1.807, 2.05) is 0 Å². The van der Waals surface area contributed by atoms with E-state index in [1.165, 1.54) is 19.4 Å². The van der Waals surface area contributed by atoms with Crippen LogP contribution in [0.25, 0.3) is 0 Å². The Morgan fingerprint density at radius 1 is 1.52 bits per heavy atom. The van der Waals surface area contributed by atoms with Crippen LogP contribution in [-0.4, -0.2) is 62.3 Å². The fourth-order valence-electron chi connectivity index (χ4n) is 4.15. The third kappa shape index (κ3) is 3.25. The maximum atomic E-state index is 12.6. The van der Waals surface area contributed by atoms with Crippen molar-refractivity contribution in [3.63, 3.8) is 0 Å². The van der Waals surface area contributed by atoms with Gasteiger partial charge in [-0.2, -0.15) is 0 Å². The second kappa shape index (κ2) is 6.63. The van der Waals surface area contributed by atoms with Crippen LogP contribution in [0, 0.1) is 5.41 Å². The molecule has 21 heavy (non-hydrogen) atoms. The summed E-state index contributed by atoms with van der Waals surface area (Å²) < 4.78 is 5.93. The van der Waals surface area contributed by atoms with Gasteiger partial charge >= 0.3 is 0 Å². The van der Waals surface area contributed by atoms with Crippen molar-refractivity contribution in [1.29, 1.82) is 0 Å². The lowest BCUT2D eigenvalue weighted by atomic mass is 9.81. The van der Waals surface area contributed by atoms with Gasteiger partial charge in [0.2, 0.25) is 5.91 Å². The molecule has 3 aliphatic rings. The van der Waals surface area contributed by atoms with Crippen LogP contribution in [-0.2, 0) is 9.53 Å². The number of carbonyl (C=O) groups is 1. The molecule has 5 heteroatoms. The molecule has 3 unspecified atom stereocenters. The molecule has 3 atom stereocenters. The number of ether oxygens (including phenoxy) is 1. The van der Waals surface area contributed by atoms with Crippen molar-refractivity contribution in [3.8, 4) is 0 Å². The maximum absolute atomic E-state index is 12.6. The van der Waals surface area contributed by atoms with E-state index in [0.29, 0.717) is 12.6 Å². The highest BCUT2D eigenvalue weighted by Gasteiger charge is 2.40. The zero-order valence-corrected chi connectivity index (χ0v) is 13.2. The van der Waals surface area contributed by atoms with E-state index in [1.54, 1.807) is 0 Å². The highest BCUT2D eigenvalue weighted by molar-refractivity contribution is 5.83. The van der Waals surface area contributed by atoms with Crippen LogP contribution in [0.15, 0.2) is 0 Å². The van der Waals surface area contributed by atoms with Crippen LogP contribution in [0.2, 0.25) is 0 Å². The van der Waals surface area contributed by atoms with Crippen molar-refractivity contribution in [2.45, 2.75) is 51.2 Å². The van der Waals surface area contributed by atoms with Gasteiger partial charge in [-0.15, -0.1) is 0 Å². The Morgan fingerprint density at radius 2 is 2.43 bits per heavy atom. The van der Waals surface area contributed by atoms with Crippen molar-refractivity contribution in [2.75, 3.05) is 39.3 Å². The van der Waals surface area contributed by atoms with E-state index in [0.717, 1.165) is 45.5 Å². The molecule has 0 saturated carbocycles. The van der Waals surface area contributed by atoms with Crippen molar-refractivity contribution in [2.24, 2.45) is 5.41 Å². The molecule has 0 spiro atoms. The number of carbonyl (C=O) groups excluding carboxylic acids is 1. The zero-order chi connectivity index (χ0) is 14.7. The molecule has 0 bridgehead atoms. The number of amides is 1. The van der Waals surface area contributed by atoms with Crippen LogP contribution in [0.4, 0.5) is 0 Å². The van der Waals surface area contributed by atoms with E-state index in [9.17, 15) is 4.79 Å². The van der Waals surface area contributed by atoms with Gasteiger partial charge in [-0.1, -0.05) is 13.3 Å². The van der Waals surface area contributed by atoms with Gasteiger partial charge in [0.05, 0.1) is 18.1 Å². The highest BCUT2D eigenvalue weighted by atomic mass is 16.5. The molecule has 3 heterocycles. The van der Waals surface area contributed by atoms with Crippen molar-refractivity contribution < 1.29 is 9.53 Å². The Morgan fingerprint density at radius 3 is 3.19 bits per heavy atom. The van der Waals surface area contributed by atoms with Gasteiger partial charge < -0.3 is 15.4 Å². The number of hydrogen-bond donors (Lipinski definition) is 2. The number of hydrogen-bond acceptors (Lipinski definition) is 4. The quantitative estimate of drug-likeness (QED) is 0.786. The number of rotatable bonds is 5. The predicted molar refractivity (Wildman–Crippen MR) is 82.2 cm³/mol. The Labute approximate surface area is 127 Å². The third-order valence-electron chi connectivity index (χ3n) is 5.41. The summed E-state index contributed by atoms with van der Waals surface area (Å²) in [6.07, 6.45) is 5.72. The normalized spacial score (nSPS) is 36.6. The molecule has 2 N–H and O–H groups in total. The molecule has 5 nitrogen and oxygen atoms in total. The first-order valence-electron chi connectivity index (χ1n) is 8.58. The minimum Gasteiger partial charge on any atom is -0.373 e. The Balaban J connectivity index is 1.49. The van der Waals surface area contributed by atoms with Crippen molar-refractivity contribution >= 4 is 5.91 Å². The molecule has 120 valence electrons. The Kier molecular flexibility index (Phi) is 4.82. The second-order valence-electron chi connectivity index (χ2n) is 6.91. The van der Waals surface area contributed by atoms with Gasteiger partial charge in [0.25, 0.3) is 0 Å². The van der Waals surface area contributed by atoms with Gasteiger partial charge in [0, 0.05) is 25.7 Å². The topological polar surface area (TPSA) is 53.6 Å². The molecule has 3 fully saturated rings. The molecule has 0 aromatic rings. The van der Waals surface area contributed by atoms with Gasteiger partial charge in [-0.3, -0.25) is 9.69 Å². The summed E-state index contributed by atoms with van der Waals surface area (Å²) >= 11 is 0. The summed E-state index contributed by atoms with van der Waals surface area (Å²) in [4.78, 5) is 15.1. The first kappa shape index (κ1) is 15.3. The molecular formula is C16H29N3O2. The summed E-state index contributed by atoms with van der Waals surface area (Å²) in [6.45, 7) is 7.61. The number of nitrogens with zero attached hydrogens (tertiary/aromatic N) is 1. The molecule has 0 aliphatic carbocycles. The lowest BCUT2D eigenvalue weighted by Gasteiger charge is -2.36.